The second kappa shape index (κ2) is 8.36. The maximum absolute atomic E-state index is 13.1. The Bertz CT molecular complexity index is 1340. The molecule has 0 fully saturated rings. The van der Waals surface area contributed by atoms with Crippen LogP contribution in [0.1, 0.15) is 36.7 Å². The highest BCUT2D eigenvalue weighted by Crippen LogP contribution is 2.36. The van der Waals surface area contributed by atoms with Crippen LogP contribution in [-0.4, -0.2) is 15.0 Å². The Morgan fingerprint density at radius 1 is 0.875 bits per heavy atom. The van der Waals surface area contributed by atoms with Crippen molar-refractivity contribution in [3.05, 3.63) is 88.3 Å². The lowest BCUT2D eigenvalue weighted by atomic mass is 9.87. The number of fused-ring (bicyclic) bond motifs is 1. The summed E-state index contributed by atoms with van der Waals surface area (Å²) in [5.41, 5.74) is 3.97. The number of hydrogen-bond donors (Lipinski definition) is 1. The van der Waals surface area contributed by atoms with Gasteiger partial charge < -0.3 is 5.32 Å². The molecule has 1 amide bonds. The largest absolute Gasteiger partial charge is 0.328 e. The van der Waals surface area contributed by atoms with Crippen molar-refractivity contribution in [3.63, 3.8) is 0 Å². The van der Waals surface area contributed by atoms with Gasteiger partial charge in [-0.05, 0) is 47.4 Å². The Morgan fingerprint density at radius 2 is 1.47 bits per heavy atom. The highest BCUT2D eigenvalue weighted by atomic mass is 32.2. The highest BCUT2D eigenvalue weighted by molar-refractivity contribution is 7.99. The standard InChI is InChI=1S/C26H27N3O2S/c1-26(2,3)18-13-11-17(12-14-18)24(30)27-20-15-21-22(29(5)25(31)28(21)4)16-23(20)32-19-9-7-6-8-10-19/h6-16H,1-5H3,(H,27,30). The molecule has 5 nitrogen and oxygen atoms in total. The minimum absolute atomic E-state index is 0.0254. The van der Waals surface area contributed by atoms with Crippen LogP contribution >= 0.6 is 11.8 Å². The Labute approximate surface area is 192 Å². The van der Waals surface area contributed by atoms with E-state index in [9.17, 15) is 9.59 Å². The number of imidazole rings is 1. The van der Waals surface area contributed by atoms with Crippen LogP contribution in [0.3, 0.4) is 0 Å². The first-order valence-corrected chi connectivity index (χ1v) is 11.3. The molecule has 0 atom stereocenters. The second-order valence-corrected chi connectivity index (χ2v) is 10.0. The van der Waals surface area contributed by atoms with E-state index in [1.54, 1.807) is 35.0 Å². The average molecular weight is 446 g/mol. The molecular formula is C26H27N3O2S. The van der Waals surface area contributed by atoms with Gasteiger partial charge in [-0.1, -0.05) is 62.9 Å². The average Bonchev–Trinajstić information content (AvgIpc) is 2.97. The molecule has 0 saturated heterocycles. The number of rotatable bonds is 4. The summed E-state index contributed by atoms with van der Waals surface area (Å²) in [7, 11) is 3.50. The lowest BCUT2D eigenvalue weighted by molar-refractivity contribution is 0.102. The predicted octanol–water partition coefficient (Wildman–Crippen LogP) is 5.58. The first kappa shape index (κ1) is 22.0. The summed E-state index contributed by atoms with van der Waals surface area (Å²) in [5, 5.41) is 3.07. The van der Waals surface area contributed by atoms with Crippen LogP contribution in [0.2, 0.25) is 0 Å². The fourth-order valence-corrected chi connectivity index (χ4v) is 4.58. The Kier molecular flexibility index (Phi) is 5.73. The third-order valence-electron chi connectivity index (χ3n) is 5.61. The topological polar surface area (TPSA) is 56.0 Å². The molecule has 0 aliphatic rings. The van der Waals surface area contributed by atoms with Crippen LogP contribution in [0.15, 0.2) is 81.3 Å². The summed E-state index contributed by atoms with van der Waals surface area (Å²) in [6, 6.07) is 21.5. The van der Waals surface area contributed by atoms with Crippen molar-refractivity contribution in [2.24, 2.45) is 14.1 Å². The second-order valence-electron chi connectivity index (χ2n) is 8.93. The summed E-state index contributed by atoms with van der Waals surface area (Å²) in [4.78, 5) is 27.5. The van der Waals surface area contributed by atoms with Crippen molar-refractivity contribution < 1.29 is 4.79 Å². The minimum Gasteiger partial charge on any atom is -0.321 e. The zero-order chi connectivity index (χ0) is 23.0. The summed E-state index contributed by atoms with van der Waals surface area (Å²) in [6.07, 6.45) is 0. The van der Waals surface area contributed by atoms with E-state index in [0.29, 0.717) is 11.3 Å². The monoisotopic (exact) mass is 445 g/mol. The number of carbonyl (C=O) groups excluding carboxylic acids is 1. The molecule has 1 aromatic heterocycles. The number of aryl methyl sites for hydroxylation is 2. The van der Waals surface area contributed by atoms with Gasteiger partial charge in [-0.15, -0.1) is 0 Å². The molecule has 0 aliphatic carbocycles. The van der Waals surface area contributed by atoms with Gasteiger partial charge in [0.25, 0.3) is 5.91 Å². The van der Waals surface area contributed by atoms with Crippen molar-refractivity contribution >= 4 is 34.4 Å². The van der Waals surface area contributed by atoms with Gasteiger partial charge in [0.05, 0.1) is 16.7 Å². The molecule has 0 spiro atoms. The first-order valence-electron chi connectivity index (χ1n) is 10.5. The molecule has 6 heteroatoms. The zero-order valence-corrected chi connectivity index (χ0v) is 19.8. The van der Waals surface area contributed by atoms with Crippen molar-refractivity contribution in [2.45, 2.75) is 36.0 Å². The summed E-state index contributed by atoms with van der Waals surface area (Å²) >= 11 is 1.56. The zero-order valence-electron chi connectivity index (χ0n) is 19.0. The number of amides is 1. The van der Waals surface area contributed by atoms with Gasteiger partial charge in [0.1, 0.15) is 0 Å². The van der Waals surface area contributed by atoms with Crippen molar-refractivity contribution in [1.29, 1.82) is 0 Å². The van der Waals surface area contributed by atoms with E-state index >= 15 is 0 Å². The lowest BCUT2D eigenvalue weighted by Crippen LogP contribution is -2.19. The summed E-state index contributed by atoms with van der Waals surface area (Å²) < 4.78 is 3.22. The van der Waals surface area contributed by atoms with Crippen LogP contribution in [-0.2, 0) is 19.5 Å². The Morgan fingerprint density at radius 3 is 2.06 bits per heavy atom. The van der Waals surface area contributed by atoms with E-state index in [4.69, 9.17) is 0 Å². The fourth-order valence-electron chi connectivity index (χ4n) is 3.64. The molecule has 0 aliphatic heterocycles. The lowest BCUT2D eigenvalue weighted by Gasteiger charge is -2.19. The van der Waals surface area contributed by atoms with Gasteiger partial charge in [-0.3, -0.25) is 13.9 Å². The molecule has 164 valence electrons. The van der Waals surface area contributed by atoms with Gasteiger partial charge in [0, 0.05) is 29.4 Å². The third-order valence-corrected chi connectivity index (χ3v) is 6.67. The molecule has 3 aromatic carbocycles. The SMILES string of the molecule is Cn1c(=O)n(C)c2cc(Sc3ccccc3)c(NC(=O)c3ccc(C(C)(C)C)cc3)cc21. The number of nitrogens with one attached hydrogen (secondary N) is 1. The van der Waals surface area contributed by atoms with E-state index in [0.717, 1.165) is 20.8 Å². The number of hydrogen-bond acceptors (Lipinski definition) is 3. The molecule has 0 saturated carbocycles. The van der Waals surface area contributed by atoms with Crippen LogP contribution in [0.5, 0.6) is 0 Å². The van der Waals surface area contributed by atoms with E-state index in [1.165, 1.54) is 5.56 Å². The number of aromatic nitrogens is 2. The summed E-state index contributed by atoms with van der Waals surface area (Å²) in [5.74, 6) is -0.180. The molecule has 1 N–H and O–H groups in total. The van der Waals surface area contributed by atoms with Crippen molar-refractivity contribution in [1.82, 2.24) is 9.13 Å². The molecule has 0 unspecified atom stereocenters. The smallest absolute Gasteiger partial charge is 0.321 e. The van der Waals surface area contributed by atoms with Crippen LogP contribution in [0.25, 0.3) is 11.0 Å². The number of nitrogens with zero attached hydrogens (tertiary/aromatic N) is 2. The van der Waals surface area contributed by atoms with Gasteiger partial charge in [-0.25, -0.2) is 4.79 Å². The van der Waals surface area contributed by atoms with Crippen LogP contribution < -0.4 is 11.0 Å². The normalized spacial score (nSPS) is 11.7. The molecular weight excluding hydrogens is 418 g/mol. The van der Waals surface area contributed by atoms with Gasteiger partial charge in [0.2, 0.25) is 0 Å². The molecule has 1 heterocycles. The Hall–Kier alpha value is -3.25. The summed E-state index contributed by atoms with van der Waals surface area (Å²) in [6.45, 7) is 6.44. The maximum Gasteiger partial charge on any atom is 0.328 e. The third kappa shape index (κ3) is 4.23. The molecule has 0 bridgehead atoms. The van der Waals surface area contributed by atoms with Crippen LogP contribution in [0, 0.1) is 0 Å². The maximum atomic E-state index is 13.1. The van der Waals surface area contributed by atoms with E-state index < -0.39 is 0 Å². The minimum atomic E-state index is -0.180. The number of anilines is 1. The molecule has 4 rings (SSSR count). The number of carbonyl (C=O) groups is 1. The number of benzene rings is 3. The molecule has 32 heavy (non-hydrogen) atoms. The van der Waals surface area contributed by atoms with E-state index in [1.807, 2.05) is 66.7 Å². The molecule has 0 radical (unpaired) electrons. The van der Waals surface area contributed by atoms with E-state index in [2.05, 4.69) is 26.1 Å². The van der Waals surface area contributed by atoms with Crippen LogP contribution in [0.4, 0.5) is 5.69 Å². The van der Waals surface area contributed by atoms with Gasteiger partial charge in [-0.2, -0.15) is 0 Å². The van der Waals surface area contributed by atoms with E-state index in [-0.39, 0.29) is 17.0 Å². The van der Waals surface area contributed by atoms with Gasteiger partial charge >= 0.3 is 5.69 Å². The van der Waals surface area contributed by atoms with Crippen molar-refractivity contribution in [2.75, 3.05) is 5.32 Å². The predicted molar refractivity (Wildman–Crippen MR) is 132 cm³/mol. The molecule has 4 aromatic rings. The Balaban J connectivity index is 1.74. The quantitative estimate of drug-likeness (QED) is 0.446. The highest BCUT2D eigenvalue weighted by Gasteiger charge is 2.17. The van der Waals surface area contributed by atoms with Gasteiger partial charge in [0.15, 0.2) is 0 Å². The van der Waals surface area contributed by atoms with Crippen molar-refractivity contribution in [3.8, 4) is 0 Å². The first-order chi connectivity index (χ1) is 15.1. The fraction of sp³-hybridized carbons (Fsp3) is 0.231.